The Bertz CT molecular complexity index is 1150. The van der Waals surface area contributed by atoms with E-state index in [2.05, 4.69) is 25.8 Å². The lowest BCUT2D eigenvalue weighted by atomic mass is 10.1. The highest BCUT2D eigenvalue weighted by molar-refractivity contribution is 5.94. The van der Waals surface area contributed by atoms with Gasteiger partial charge in [0.05, 0.1) is 0 Å². The van der Waals surface area contributed by atoms with Crippen molar-refractivity contribution in [1.29, 1.82) is 0 Å². The molecule has 0 unspecified atom stereocenters. The standard InChI is InChI=1S/C27H35N7O2/c1-2-34-19-22(16-24(34)26(35)29-12-15-33-13-4-3-5-14-33)21-7-9-23(10-8-21)32-27(36)31-18-20-6-11-25(28)30-17-20/h6-11,16-17,19H,2-5,12-15,18H2,1H3,(H2,28,30)(H,29,35)(H2,31,32,36). The van der Waals surface area contributed by atoms with Crippen molar-refractivity contribution in [1.82, 2.24) is 25.1 Å². The van der Waals surface area contributed by atoms with E-state index in [0.29, 0.717) is 36.8 Å². The van der Waals surface area contributed by atoms with Gasteiger partial charge in [0, 0.05) is 49.8 Å². The van der Waals surface area contributed by atoms with Crippen LogP contribution in [0, 0.1) is 0 Å². The summed E-state index contributed by atoms with van der Waals surface area (Å²) in [6.45, 7) is 6.88. The largest absolute Gasteiger partial charge is 0.384 e. The zero-order chi connectivity index (χ0) is 25.3. The molecule has 3 aromatic rings. The molecule has 0 aliphatic carbocycles. The van der Waals surface area contributed by atoms with E-state index in [-0.39, 0.29) is 11.9 Å². The molecule has 1 fully saturated rings. The van der Waals surface area contributed by atoms with Crippen molar-refractivity contribution in [2.24, 2.45) is 0 Å². The molecular weight excluding hydrogens is 454 g/mol. The lowest BCUT2D eigenvalue weighted by Crippen LogP contribution is -2.38. The quantitative estimate of drug-likeness (QED) is 0.366. The van der Waals surface area contributed by atoms with Gasteiger partial charge in [-0.3, -0.25) is 4.79 Å². The van der Waals surface area contributed by atoms with E-state index >= 15 is 0 Å². The number of carbonyl (C=O) groups is 2. The predicted molar refractivity (Wildman–Crippen MR) is 143 cm³/mol. The summed E-state index contributed by atoms with van der Waals surface area (Å²) in [7, 11) is 0. The van der Waals surface area contributed by atoms with Gasteiger partial charge in [-0.25, -0.2) is 9.78 Å². The summed E-state index contributed by atoms with van der Waals surface area (Å²) < 4.78 is 1.97. The van der Waals surface area contributed by atoms with Gasteiger partial charge in [-0.15, -0.1) is 0 Å². The molecule has 36 heavy (non-hydrogen) atoms. The Morgan fingerprint density at radius 3 is 2.47 bits per heavy atom. The Hall–Kier alpha value is -3.85. The van der Waals surface area contributed by atoms with Crippen LogP contribution in [-0.2, 0) is 13.1 Å². The molecule has 3 heterocycles. The minimum atomic E-state index is -0.305. The highest BCUT2D eigenvalue weighted by Gasteiger charge is 2.15. The Kier molecular flexibility index (Phi) is 8.57. The van der Waals surface area contributed by atoms with Gasteiger partial charge in [0.2, 0.25) is 0 Å². The molecule has 9 nitrogen and oxygen atoms in total. The number of nitrogens with zero attached hydrogens (tertiary/aromatic N) is 3. The second kappa shape index (κ2) is 12.2. The molecule has 3 amide bonds. The van der Waals surface area contributed by atoms with Gasteiger partial charge in [0.25, 0.3) is 5.91 Å². The number of piperidine rings is 1. The monoisotopic (exact) mass is 489 g/mol. The first-order chi connectivity index (χ1) is 17.5. The van der Waals surface area contributed by atoms with Crippen molar-refractivity contribution in [2.45, 2.75) is 39.3 Å². The summed E-state index contributed by atoms with van der Waals surface area (Å²) in [5.41, 5.74) is 9.72. The number of pyridine rings is 1. The first kappa shape index (κ1) is 25.2. The van der Waals surface area contributed by atoms with Crippen molar-refractivity contribution >= 4 is 23.4 Å². The predicted octanol–water partition coefficient (Wildman–Crippen LogP) is 3.69. The molecule has 2 aromatic heterocycles. The van der Waals surface area contributed by atoms with E-state index in [4.69, 9.17) is 5.73 Å². The average molecular weight is 490 g/mol. The summed E-state index contributed by atoms with van der Waals surface area (Å²) in [4.78, 5) is 31.5. The first-order valence-corrected chi connectivity index (χ1v) is 12.6. The van der Waals surface area contributed by atoms with Crippen molar-refractivity contribution in [3.63, 3.8) is 0 Å². The van der Waals surface area contributed by atoms with Crippen LogP contribution in [0.25, 0.3) is 11.1 Å². The first-order valence-electron chi connectivity index (χ1n) is 12.6. The number of nitrogens with two attached hydrogens (primary N) is 1. The third-order valence-corrected chi connectivity index (χ3v) is 6.41. The number of rotatable bonds is 9. The zero-order valence-corrected chi connectivity index (χ0v) is 20.8. The molecule has 0 bridgehead atoms. The number of aromatic nitrogens is 2. The molecule has 0 radical (unpaired) electrons. The maximum atomic E-state index is 12.9. The molecule has 190 valence electrons. The van der Waals surface area contributed by atoms with Crippen LogP contribution >= 0.6 is 0 Å². The van der Waals surface area contributed by atoms with Crippen LogP contribution in [0.4, 0.5) is 16.3 Å². The third-order valence-electron chi connectivity index (χ3n) is 6.41. The number of aryl methyl sites for hydroxylation is 1. The molecular formula is C27H35N7O2. The lowest BCUT2D eigenvalue weighted by molar-refractivity contribution is 0.0937. The molecule has 0 saturated carbocycles. The second-order valence-electron chi connectivity index (χ2n) is 9.03. The highest BCUT2D eigenvalue weighted by Crippen LogP contribution is 2.24. The van der Waals surface area contributed by atoms with E-state index in [1.54, 1.807) is 12.3 Å². The second-order valence-corrected chi connectivity index (χ2v) is 9.03. The zero-order valence-electron chi connectivity index (χ0n) is 20.8. The lowest BCUT2D eigenvalue weighted by Gasteiger charge is -2.26. The van der Waals surface area contributed by atoms with Crippen molar-refractivity contribution in [3.05, 3.63) is 66.1 Å². The molecule has 1 saturated heterocycles. The number of carbonyl (C=O) groups excluding carboxylic acids is 2. The summed E-state index contributed by atoms with van der Waals surface area (Å²) in [6.07, 6.45) is 7.43. The molecule has 1 aromatic carbocycles. The fourth-order valence-electron chi connectivity index (χ4n) is 4.37. The molecule has 1 aliphatic rings. The van der Waals surface area contributed by atoms with Crippen LogP contribution < -0.4 is 21.7 Å². The smallest absolute Gasteiger partial charge is 0.319 e. The summed E-state index contributed by atoms with van der Waals surface area (Å²) in [5.74, 6) is 0.393. The summed E-state index contributed by atoms with van der Waals surface area (Å²) in [6, 6.07) is 12.7. The average Bonchev–Trinajstić information content (AvgIpc) is 3.34. The van der Waals surface area contributed by atoms with Gasteiger partial charge in [0.15, 0.2) is 0 Å². The van der Waals surface area contributed by atoms with Gasteiger partial charge in [-0.05, 0) is 68.2 Å². The van der Waals surface area contributed by atoms with E-state index in [0.717, 1.165) is 36.3 Å². The minimum Gasteiger partial charge on any atom is -0.384 e. The summed E-state index contributed by atoms with van der Waals surface area (Å²) in [5, 5.41) is 8.71. The highest BCUT2D eigenvalue weighted by atomic mass is 16.2. The van der Waals surface area contributed by atoms with E-state index < -0.39 is 0 Å². The molecule has 9 heteroatoms. The van der Waals surface area contributed by atoms with Crippen LogP contribution in [0.2, 0.25) is 0 Å². The molecule has 0 spiro atoms. The molecule has 4 rings (SSSR count). The number of benzene rings is 1. The molecule has 5 N–H and O–H groups in total. The Balaban J connectivity index is 1.31. The van der Waals surface area contributed by atoms with Crippen LogP contribution in [0.1, 0.15) is 42.2 Å². The third kappa shape index (κ3) is 6.85. The topological polar surface area (TPSA) is 117 Å². The van der Waals surface area contributed by atoms with Crippen molar-refractivity contribution < 1.29 is 9.59 Å². The number of nitrogens with one attached hydrogen (secondary N) is 3. The normalized spacial score (nSPS) is 13.8. The number of anilines is 2. The maximum Gasteiger partial charge on any atom is 0.319 e. The number of urea groups is 1. The van der Waals surface area contributed by atoms with Crippen LogP contribution in [-0.4, -0.2) is 52.6 Å². The van der Waals surface area contributed by atoms with Gasteiger partial charge in [-0.1, -0.05) is 24.6 Å². The molecule has 1 aliphatic heterocycles. The fourth-order valence-corrected chi connectivity index (χ4v) is 4.37. The number of hydrogen-bond acceptors (Lipinski definition) is 5. The van der Waals surface area contributed by atoms with Gasteiger partial charge < -0.3 is 31.2 Å². The summed E-state index contributed by atoms with van der Waals surface area (Å²) >= 11 is 0. The van der Waals surface area contributed by atoms with Gasteiger partial charge in [0.1, 0.15) is 11.5 Å². The van der Waals surface area contributed by atoms with Crippen molar-refractivity contribution in [2.75, 3.05) is 37.2 Å². The minimum absolute atomic E-state index is 0.0497. The Labute approximate surface area is 212 Å². The van der Waals surface area contributed by atoms with Gasteiger partial charge >= 0.3 is 6.03 Å². The van der Waals surface area contributed by atoms with Crippen LogP contribution in [0.3, 0.4) is 0 Å². The van der Waals surface area contributed by atoms with Gasteiger partial charge in [-0.2, -0.15) is 0 Å². The van der Waals surface area contributed by atoms with Crippen molar-refractivity contribution in [3.8, 4) is 11.1 Å². The fraction of sp³-hybridized carbons (Fsp3) is 0.370. The molecule has 0 atom stereocenters. The van der Waals surface area contributed by atoms with E-state index in [1.807, 2.05) is 54.1 Å². The Morgan fingerprint density at radius 2 is 1.78 bits per heavy atom. The van der Waals surface area contributed by atoms with E-state index in [1.165, 1.54) is 19.3 Å². The Morgan fingerprint density at radius 1 is 1.00 bits per heavy atom. The van der Waals surface area contributed by atoms with Crippen LogP contribution in [0.15, 0.2) is 54.9 Å². The maximum absolute atomic E-state index is 12.9. The van der Waals surface area contributed by atoms with E-state index in [9.17, 15) is 9.59 Å². The number of hydrogen-bond donors (Lipinski definition) is 4. The number of nitrogen functional groups attached to an aromatic ring is 1. The SMILES string of the molecule is CCn1cc(-c2ccc(NC(=O)NCc3ccc(N)nc3)cc2)cc1C(=O)NCCN1CCCCC1. The van der Waals surface area contributed by atoms with Crippen LogP contribution in [0.5, 0.6) is 0 Å². The number of likely N-dealkylation sites (tertiary alicyclic amines) is 1. The number of amides is 3.